The quantitative estimate of drug-likeness (QED) is 0.679. The number of aryl methyl sites for hydroxylation is 1. The van der Waals surface area contributed by atoms with Gasteiger partial charge in [0.15, 0.2) is 11.9 Å². The van der Waals surface area contributed by atoms with Crippen LogP contribution in [0, 0.1) is 6.92 Å². The number of anilines is 1. The third-order valence-electron chi connectivity index (χ3n) is 3.52. The number of aromatic amines is 1. The Bertz CT molecular complexity index is 894. The molecule has 0 aliphatic heterocycles. The molecule has 0 aliphatic carbocycles. The highest BCUT2D eigenvalue weighted by atomic mass is 79.9. The van der Waals surface area contributed by atoms with Crippen molar-refractivity contribution in [1.29, 1.82) is 0 Å². The van der Waals surface area contributed by atoms with Gasteiger partial charge in [-0.3, -0.25) is 15.2 Å². The molecular formula is C18H17BrN4O2. The normalized spacial score (nSPS) is 11.8. The van der Waals surface area contributed by atoms with Crippen LogP contribution in [-0.4, -0.2) is 27.2 Å². The fourth-order valence-corrected chi connectivity index (χ4v) is 2.72. The number of aromatic nitrogens is 3. The lowest BCUT2D eigenvalue weighted by atomic mass is 10.2. The lowest BCUT2D eigenvalue weighted by molar-refractivity contribution is -0.122. The van der Waals surface area contributed by atoms with Gasteiger partial charge in [0.2, 0.25) is 5.95 Å². The molecule has 0 saturated heterocycles. The molecule has 1 amide bonds. The Morgan fingerprint density at radius 1 is 1.24 bits per heavy atom. The summed E-state index contributed by atoms with van der Waals surface area (Å²) in [6, 6.07) is 15.2. The molecule has 3 rings (SSSR count). The molecule has 0 spiro atoms. The van der Waals surface area contributed by atoms with Crippen molar-refractivity contribution in [2.75, 3.05) is 5.32 Å². The Morgan fingerprint density at radius 2 is 2.04 bits per heavy atom. The molecule has 0 radical (unpaired) electrons. The second-order valence-corrected chi connectivity index (χ2v) is 6.41. The van der Waals surface area contributed by atoms with Gasteiger partial charge < -0.3 is 4.74 Å². The molecule has 6 nitrogen and oxygen atoms in total. The van der Waals surface area contributed by atoms with Crippen molar-refractivity contribution in [3.63, 3.8) is 0 Å². The van der Waals surface area contributed by atoms with Gasteiger partial charge in [0.05, 0.1) is 0 Å². The van der Waals surface area contributed by atoms with Gasteiger partial charge in [-0.25, -0.2) is 0 Å². The van der Waals surface area contributed by atoms with Crippen LogP contribution in [0.15, 0.2) is 53.0 Å². The lowest BCUT2D eigenvalue weighted by Gasteiger charge is -2.13. The van der Waals surface area contributed by atoms with Gasteiger partial charge in [0, 0.05) is 10.0 Å². The van der Waals surface area contributed by atoms with Crippen molar-refractivity contribution in [1.82, 2.24) is 15.2 Å². The Hall–Kier alpha value is -2.67. The number of amides is 1. The molecular weight excluding hydrogens is 384 g/mol. The maximum absolute atomic E-state index is 12.3. The summed E-state index contributed by atoms with van der Waals surface area (Å²) >= 11 is 3.46. The number of ether oxygens (including phenoxy) is 1. The van der Waals surface area contributed by atoms with E-state index in [1.807, 2.05) is 55.5 Å². The summed E-state index contributed by atoms with van der Waals surface area (Å²) in [7, 11) is 0. The first-order valence-corrected chi connectivity index (χ1v) is 8.54. The molecule has 2 N–H and O–H groups in total. The Balaban J connectivity index is 1.66. The third kappa shape index (κ3) is 4.24. The number of hydrogen-bond acceptors (Lipinski definition) is 4. The molecule has 1 aromatic heterocycles. The third-order valence-corrected chi connectivity index (χ3v) is 4.21. The van der Waals surface area contributed by atoms with E-state index in [1.54, 1.807) is 6.92 Å². The number of nitrogens with one attached hydrogen (secondary N) is 2. The minimum absolute atomic E-state index is 0.204. The van der Waals surface area contributed by atoms with E-state index in [-0.39, 0.29) is 11.9 Å². The summed E-state index contributed by atoms with van der Waals surface area (Å²) in [5.41, 5.74) is 1.93. The first-order chi connectivity index (χ1) is 12.0. The molecule has 0 aliphatic rings. The van der Waals surface area contributed by atoms with Crippen LogP contribution >= 0.6 is 15.9 Å². The predicted molar refractivity (Wildman–Crippen MR) is 99.4 cm³/mol. The molecule has 1 heterocycles. The molecule has 0 saturated carbocycles. The number of halogens is 1. The number of H-pyrrole nitrogens is 1. The number of benzene rings is 2. The average molecular weight is 401 g/mol. The summed E-state index contributed by atoms with van der Waals surface area (Å²) in [4.78, 5) is 16.6. The molecule has 7 heteroatoms. The monoisotopic (exact) mass is 400 g/mol. The zero-order chi connectivity index (χ0) is 17.8. The molecule has 25 heavy (non-hydrogen) atoms. The standard InChI is InChI=1S/C18H17BrN4O2/c1-11-6-5-7-13(10-11)25-12(2)17(24)21-18-20-16(22-23-18)14-8-3-4-9-15(14)19/h3-10,12H,1-2H3,(H2,20,21,22,23,24)/t12-/m0/s1. The first-order valence-electron chi connectivity index (χ1n) is 7.74. The summed E-state index contributed by atoms with van der Waals surface area (Å²) in [6.45, 7) is 3.65. The Labute approximate surface area is 153 Å². The molecule has 128 valence electrons. The van der Waals surface area contributed by atoms with E-state index >= 15 is 0 Å². The van der Waals surface area contributed by atoms with E-state index in [0.717, 1.165) is 15.6 Å². The minimum atomic E-state index is -0.674. The Kier molecular flexibility index (Phi) is 5.14. The Morgan fingerprint density at radius 3 is 2.80 bits per heavy atom. The highest BCUT2D eigenvalue weighted by molar-refractivity contribution is 9.10. The zero-order valence-corrected chi connectivity index (χ0v) is 15.4. The maximum atomic E-state index is 12.3. The summed E-state index contributed by atoms with van der Waals surface area (Å²) < 4.78 is 6.54. The molecule has 3 aromatic rings. The van der Waals surface area contributed by atoms with Crippen LogP contribution in [0.5, 0.6) is 5.75 Å². The van der Waals surface area contributed by atoms with E-state index in [9.17, 15) is 4.79 Å². The van der Waals surface area contributed by atoms with Crippen molar-refractivity contribution in [3.8, 4) is 17.1 Å². The van der Waals surface area contributed by atoms with Crippen molar-refractivity contribution in [3.05, 3.63) is 58.6 Å². The SMILES string of the molecule is Cc1cccc(O[C@@H](C)C(=O)Nc2n[nH]c(-c3ccccc3Br)n2)c1. The van der Waals surface area contributed by atoms with Gasteiger partial charge in [-0.15, -0.1) is 5.10 Å². The minimum Gasteiger partial charge on any atom is -0.481 e. The maximum Gasteiger partial charge on any atom is 0.267 e. The number of carbonyl (C=O) groups is 1. The van der Waals surface area contributed by atoms with Crippen LogP contribution in [0.4, 0.5) is 5.95 Å². The van der Waals surface area contributed by atoms with Crippen LogP contribution in [-0.2, 0) is 4.79 Å². The van der Waals surface area contributed by atoms with Gasteiger partial charge in [-0.05, 0) is 37.6 Å². The number of hydrogen-bond donors (Lipinski definition) is 2. The number of carbonyl (C=O) groups excluding carboxylic acids is 1. The summed E-state index contributed by atoms with van der Waals surface area (Å²) in [6.07, 6.45) is -0.674. The van der Waals surface area contributed by atoms with E-state index < -0.39 is 6.10 Å². The van der Waals surface area contributed by atoms with Crippen molar-refractivity contribution in [2.24, 2.45) is 0 Å². The van der Waals surface area contributed by atoms with E-state index in [1.165, 1.54) is 0 Å². The predicted octanol–water partition coefficient (Wildman–Crippen LogP) is 3.95. The van der Waals surface area contributed by atoms with Crippen LogP contribution in [0.3, 0.4) is 0 Å². The van der Waals surface area contributed by atoms with Crippen LogP contribution in [0.2, 0.25) is 0 Å². The van der Waals surface area contributed by atoms with Crippen LogP contribution in [0.1, 0.15) is 12.5 Å². The smallest absolute Gasteiger partial charge is 0.267 e. The average Bonchev–Trinajstić information content (AvgIpc) is 3.03. The lowest BCUT2D eigenvalue weighted by Crippen LogP contribution is -2.30. The van der Waals surface area contributed by atoms with Crippen molar-refractivity contribution < 1.29 is 9.53 Å². The van der Waals surface area contributed by atoms with Crippen molar-refractivity contribution in [2.45, 2.75) is 20.0 Å². The molecule has 0 fully saturated rings. The van der Waals surface area contributed by atoms with Crippen LogP contribution < -0.4 is 10.1 Å². The van der Waals surface area contributed by atoms with Gasteiger partial charge in [-0.2, -0.15) is 4.98 Å². The number of rotatable bonds is 5. The van der Waals surface area contributed by atoms with Gasteiger partial charge in [0.1, 0.15) is 5.75 Å². The fourth-order valence-electron chi connectivity index (χ4n) is 2.25. The summed E-state index contributed by atoms with van der Waals surface area (Å²) in [5, 5.41) is 9.50. The molecule has 0 unspecified atom stereocenters. The van der Waals surface area contributed by atoms with Gasteiger partial charge in [-0.1, -0.05) is 46.3 Å². The highest BCUT2D eigenvalue weighted by Crippen LogP contribution is 2.25. The molecule has 1 atom stereocenters. The van der Waals surface area contributed by atoms with Gasteiger partial charge >= 0.3 is 0 Å². The second-order valence-electron chi connectivity index (χ2n) is 5.55. The van der Waals surface area contributed by atoms with E-state index in [2.05, 4.69) is 36.4 Å². The van der Waals surface area contributed by atoms with E-state index in [0.29, 0.717) is 11.6 Å². The topological polar surface area (TPSA) is 79.9 Å². The van der Waals surface area contributed by atoms with Crippen LogP contribution in [0.25, 0.3) is 11.4 Å². The zero-order valence-electron chi connectivity index (χ0n) is 13.8. The van der Waals surface area contributed by atoms with Crippen molar-refractivity contribution >= 4 is 27.8 Å². The first kappa shape index (κ1) is 17.2. The van der Waals surface area contributed by atoms with E-state index in [4.69, 9.17) is 4.74 Å². The largest absolute Gasteiger partial charge is 0.481 e. The highest BCUT2D eigenvalue weighted by Gasteiger charge is 2.17. The number of nitrogens with zero attached hydrogens (tertiary/aromatic N) is 2. The van der Waals surface area contributed by atoms with Gasteiger partial charge in [0.25, 0.3) is 5.91 Å². The fraction of sp³-hybridized carbons (Fsp3) is 0.167. The second kappa shape index (κ2) is 7.48. The molecule has 0 bridgehead atoms. The molecule has 2 aromatic carbocycles. The summed E-state index contributed by atoms with van der Waals surface area (Å²) in [5.74, 6) is 1.09.